The zero-order valence-electron chi connectivity index (χ0n) is 17.2. The summed E-state index contributed by atoms with van der Waals surface area (Å²) in [5.41, 5.74) is 3.33. The Balaban J connectivity index is 1.31. The first-order valence-electron chi connectivity index (χ1n) is 10.1. The predicted octanol–water partition coefficient (Wildman–Crippen LogP) is 3.95. The number of carbonyl (C=O) groups excluding carboxylic acids is 1. The predicted molar refractivity (Wildman–Crippen MR) is 110 cm³/mol. The van der Waals surface area contributed by atoms with Crippen LogP contribution in [0.5, 0.6) is 5.88 Å². The Morgan fingerprint density at radius 2 is 1.97 bits per heavy atom. The van der Waals surface area contributed by atoms with Crippen LogP contribution in [0.2, 0.25) is 0 Å². The summed E-state index contributed by atoms with van der Waals surface area (Å²) in [6, 6.07) is 11.2. The van der Waals surface area contributed by atoms with E-state index < -0.39 is 0 Å². The molecule has 0 saturated heterocycles. The van der Waals surface area contributed by atoms with Gasteiger partial charge in [-0.05, 0) is 37.3 Å². The van der Waals surface area contributed by atoms with E-state index in [1.807, 2.05) is 0 Å². The van der Waals surface area contributed by atoms with Crippen molar-refractivity contribution in [3.05, 3.63) is 82.8 Å². The molecule has 1 aliphatic heterocycles. The summed E-state index contributed by atoms with van der Waals surface area (Å²) < 4.78 is 29.6. The Morgan fingerprint density at radius 1 is 1.12 bits per heavy atom. The molecular weight excluding hydrogens is 415 g/mol. The molecule has 1 aliphatic rings. The van der Waals surface area contributed by atoms with Crippen molar-refractivity contribution in [1.29, 1.82) is 0 Å². The number of rotatable bonds is 6. The molecule has 0 unspecified atom stereocenters. The van der Waals surface area contributed by atoms with Crippen LogP contribution in [0, 0.1) is 12.7 Å². The molecule has 0 atom stereocenters. The lowest BCUT2D eigenvalue weighted by Gasteiger charge is -2.27. The fourth-order valence-electron chi connectivity index (χ4n) is 3.66. The van der Waals surface area contributed by atoms with Crippen LogP contribution in [0.4, 0.5) is 4.39 Å². The molecule has 0 N–H and O–H groups in total. The number of aryl methyl sites for hydroxylation is 1. The van der Waals surface area contributed by atoms with Gasteiger partial charge in [-0.1, -0.05) is 10.3 Å². The maximum absolute atomic E-state index is 13.3. The van der Waals surface area contributed by atoms with E-state index in [4.69, 9.17) is 13.8 Å². The number of amides is 1. The van der Waals surface area contributed by atoms with Crippen LogP contribution in [-0.4, -0.2) is 32.6 Å². The summed E-state index contributed by atoms with van der Waals surface area (Å²) in [7, 11) is 0. The second-order valence-corrected chi connectivity index (χ2v) is 7.46. The Labute approximate surface area is 182 Å². The molecule has 0 spiro atoms. The number of hydrogen-bond donors (Lipinski definition) is 0. The minimum Gasteiger partial charge on any atom is -0.473 e. The number of halogens is 1. The van der Waals surface area contributed by atoms with Crippen LogP contribution in [0.25, 0.3) is 11.3 Å². The van der Waals surface area contributed by atoms with Crippen LogP contribution >= 0.6 is 0 Å². The van der Waals surface area contributed by atoms with Crippen molar-refractivity contribution < 1.29 is 23.0 Å². The summed E-state index contributed by atoms with van der Waals surface area (Å²) in [6.07, 6.45) is 2.17. The fraction of sp³-hybridized carbons (Fsp3) is 0.217. The van der Waals surface area contributed by atoms with E-state index in [2.05, 4.69) is 15.3 Å². The van der Waals surface area contributed by atoms with Gasteiger partial charge in [0.25, 0.3) is 5.91 Å². The Morgan fingerprint density at radius 3 is 2.75 bits per heavy atom. The van der Waals surface area contributed by atoms with Crippen molar-refractivity contribution >= 4 is 5.91 Å². The molecule has 162 valence electrons. The van der Waals surface area contributed by atoms with Gasteiger partial charge in [0, 0.05) is 30.7 Å². The van der Waals surface area contributed by atoms with Crippen molar-refractivity contribution in [2.24, 2.45) is 0 Å². The molecule has 4 aromatic rings. The highest BCUT2D eigenvalue weighted by Crippen LogP contribution is 2.27. The molecule has 5 rings (SSSR count). The normalized spacial score (nSPS) is 13.3. The number of carbonyl (C=O) groups is 1. The van der Waals surface area contributed by atoms with Gasteiger partial charge in [0.05, 0.1) is 29.6 Å². The van der Waals surface area contributed by atoms with Gasteiger partial charge in [0.2, 0.25) is 5.88 Å². The zero-order valence-corrected chi connectivity index (χ0v) is 17.2. The molecule has 0 saturated carbocycles. The first kappa shape index (κ1) is 19.9. The maximum atomic E-state index is 13.3. The van der Waals surface area contributed by atoms with Gasteiger partial charge in [-0.2, -0.15) is 0 Å². The lowest BCUT2D eigenvalue weighted by molar-refractivity contribution is 0.0708. The van der Waals surface area contributed by atoms with Crippen molar-refractivity contribution in [2.45, 2.75) is 26.5 Å². The number of aromatic nitrogens is 3. The van der Waals surface area contributed by atoms with Gasteiger partial charge in [0.15, 0.2) is 5.76 Å². The number of fused-ring (bicyclic) bond motifs is 1. The van der Waals surface area contributed by atoms with Crippen LogP contribution in [0.1, 0.15) is 33.1 Å². The average molecular weight is 434 g/mol. The summed E-state index contributed by atoms with van der Waals surface area (Å²) in [6.45, 7) is 2.87. The Kier molecular flexibility index (Phi) is 5.14. The van der Waals surface area contributed by atoms with E-state index in [-0.39, 0.29) is 18.3 Å². The highest BCUT2D eigenvalue weighted by atomic mass is 19.1. The molecule has 1 amide bonds. The molecular formula is C23H19FN4O4. The minimum absolute atomic E-state index is 0.102. The smallest absolute Gasteiger partial charge is 0.256 e. The monoisotopic (exact) mass is 434 g/mol. The largest absolute Gasteiger partial charge is 0.473 e. The van der Waals surface area contributed by atoms with Crippen molar-refractivity contribution in [3.8, 4) is 17.1 Å². The fourth-order valence-corrected chi connectivity index (χ4v) is 3.66. The van der Waals surface area contributed by atoms with Gasteiger partial charge in [0.1, 0.15) is 23.9 Å². The highest BCUT2D eigenvalue weighted by molar-refractivity contribution is 5.96. The summed E-state index contributed by atoms with van der Waals surface area (Å²) >= 11 is 0. The summed E-state index contributed by atoms with van der Waals surface area (Å²) in [5, 5.41) is 7.76. The molecule has 32 heavy (non-hydrogen) atoms. The summed E-state index contributed by atoms with van der Waals surface area (Å²) in [4.78, 5) is 19.0. The molecule has 0 aliphatic carbocycles. The second-order valence-electron chi connectivity index (χ2n) is 7.46. The molecule has 1 aromatic carbocycles. The van der Waals surface area contributed by atoms with Crippen molar-refractivity contribution in [2.75, 3.05) is 6.54 Å². The van der Waals surface area contributed by atoms with E-state index >= 15 is 0 Å². The molecule has 9 heteroatoms. The second kappa shape index (κ2) is 8.26. The maximum Gasteiger partial charge on any atom is 0.256 e. The third-order valence-electron chi connectivity index (χ3n) is 5.39. The molecule has 8 nitrogen and oxygen atoms in total. The van der Waals surface area contributed by atoms with Crippen LogP contribution < -0.4 is 4.74 Å². The van der Waals surface area contributed by atoms with E-state index in [0.717, 1.165) is 11.1 Å². The molecule has 3 aromatic heterocycles. The van der Waals surface area contributed by atoms with Crippen LogP contribution in [-0.2, 0) is 19.6 Å². The van der Waals surface area contributed by atoms with Crippen LogP contribution in [0.15, 0.2) is 57.7 Å². The number of pyridine rings is 1. The topological polar surface area (TPSA) is 94.5 Å². The quantitative estimate of drug-likeness (QED) is 0.453. The minimum atomic E-state index is -0.320. The highest BCUT2D eigenvalue weighted by Gasteiger charge is 2.27. The number of ether oxygens (including phenoxy) is 1. The van der Waals surface area contributed by atoms with Crippen LogP contribution in [0.3, 0.4) is 0 Å². The van der Waals surface area contributed by atoms with E-state index in [0.29, 0.717) is 53.9 Å². The average Bonchev–Trinajstić information content (AvgIpc) is 3.44. The van der Waals surface area contributed by atoms with Gasteiger partial charge in [-0.3, -0.25) is 4.79 Å². The van der Waals surface area contributed by atoms with E-state index in [1.165, 1.54) is 12.1 Å². The molecule has 0 fully saturated rings. The Hall–Kier alpha value is -4.01. The number of hydrogen-bond acceptors (Lipinski definition) is 7. The van der Waals surface area contributed by atoms with Gasteiger partial charge in [-0.15, -0.1) is 0 Å². The van der Waals surface area contributed by atoms with Gasteiger partial charge < -0.3 is 18.7 Å². The SMILES string of the molecule is Cc1onc(-c2ccc(F)cc2)c1COc1ccc2c(n1)CCN(Cc1ccno1)C2=O. The van der Waals surface area contributed by atoms with E-state index in [1.54, 1.807) is 48.4 Å². The lowest BCUT2D eigenvalue weighted by atomic mass is 10.0. The van der Waals surface area contributed by atoms with Crippen molar-refractivity contribution in [3.63, 3.8) is 0 Å². The summed E-state index contributed by atoms with van der Waals surface area (Å²) in [5.74, 6) is 1.23. The zero-order chi connectivity index (χ0) is 22.1. The lowest BCUT2D eigenvalue weighted by Crippen LogP contribution is -2.37. The first-order chi connectivity index (χ1) is 15.6. The standard InChI is InChI=1S/C23H19FN4O4/c1-14-19(22(27-31-14)15-2-4-16(24)5-3-15)13-30-21-7-6-18-20(26-21)9-11-28(23(18)29)12-17-8-10-25-32-17/h2-8,10H,9,11-13H2,1H3. The molecule has 0 bridgehead atoms. The van der Waals surface area contributed by atoms with Crippen molar-refractivity contribution in [1.82, 2.24) is 20.2 Å². The first-order valence-corrected chi connectivity index (χ1v) is 10.1. The number of benzene rings is 1. The molecule has 0 radical (unpaired) electrons. The number of nitrogens with zero attached hydrogens (tertiary/aromatic N) is 4. The third-order valence-corrected chi connectivity index (χ3v) is 5.39. The molecule has 4 heterocycles. The third kappa shape index (κ3) is 3.84. The van der Waals surface area contributed by atoms with Gasteiger partial charge in [-0.25, -0.2) is 9.37 Å². The van der Waals surface area contributed by atoms with E-state index in [9.17, 15) is 9.18 Å². The Bertz CT molecular complexity index is 1250. The van der Waals surface area contributed by atoms with Gasteiger partial charge >= 0.3 is 0 Å².